The number of benzene rings is 2. The third kappa shape index (κ3) is 3.46. The van der Waals surface area contributed by atoms with E-state index < -0.39 is 11.8 Å². The second kappa shape index (κ2) is 7.32. The van der Waals surface area contributed by atoms with E-state index in [0.717, 1.165) is 35.2 Å². The average Bonchev–Trinajstić information content (AvgIpc) is 2.78. The highest BCUT2D eigenvalue weighted by Crippen LogP contribution is 2.37. The zero-order valence-corrected chi connectivity index (χ0v) is 13.9. The van der Waals surface area contributed by atoms with Gasteiger partial charge in [0.05, 0.1) is 0 Å². The third-order valence-corrected chi connectivity index (χ3v) is 4.16. The summed E-state index contributed by atoms with van der Waals surface area (Å²) in [6, 6.07) is 12.7. The normalized spacial score (nSPS) is 14.2. The van der Waals surface area contributed by atoms with Crippen LogP contribution in [0.2, 0.25) is 0 Å². The Kier molecular flexibility index (Phi) is 4.95. The summed E-state index contributed by atoms with van der Waals surface area (Å²) in [5.41, 5.74) is 3.94. The first-order valence-corrected chi connectivity index (χ1v) is 8.09. The molecule has 0 bridgehead atoms. The maximum absolute atomic E-state index is 11.9. The molecule has 2 aromatic rings. The Hall–Kier alpha value is -2.92. The van der Waals surface area contributed by atoms with Gasteiger partial charge in [0.15, 0.2) is 0 Å². The zero-order chi connectivity index (χ0) is 17.8. The molecule has 0 atom stereocenters. The molecule has 0 aromatic heterocycles. The number of fused-ring (bicyclic) bond motifs is 2. The first-order valence-electron chi connectivity index (χ1n) is 8.09. The van der Waals surface area contributed by atoms with Gasteiger partial charge in [0.2, 0.25) is 0 Å². The van der Waals surface area contributed by atoms with Crippen LogP contribution >= 0.6 is 0 Å². The molecule has 3 rings (SSSR count). The molecule has 1 aliphatic heterocycles. The fraction of sp³-hybridized carbons (Fsp3) is 0.200. The van der Waals surface area contributed by atoms with Crippen molar-refractivity contribution < 1.29 is 19.4 Å². The highest BCUT2D eigenvalue weighted by Gasteiger charge is 2.22. The van der Waals surface area contributed by atoms with Crippen LogP contribution < -0.4 is 10.1 Å². The Morgan fingerprint density at radius 2 is 2.00 bits per heavy atom. The Bertz CT molecular complexity index is 855. The summed E-state index contributed by atoms with van der Waals surface area (Å²) >= 11 is 0. The summed E-state index contributed by atoms with van der Waals surface area (Å²) in [5, 5.41) is 12.1. The smallest absolute Gasteiger partial charge is 0.377 e. The van der Waals surface area contributed by atoms with Gasteiger partial charge in [-0.3, -0.25) is 4.79 Å². The van der Waals surface area contributed by atoms with Gasteiger partial charge in [0, 0.05) is 11.1 Å². The van der Waals surface area contributed by atoms with Crippen molar-refractivity contribution in [3.8, 4) is 5.75 Å². The first kappa shape index (κ1) is 16.9. The molecule has 25 heavy (non-hydrogen) atoms. The van der Waals surface area contributed by atoms with Gasteiger partial charge in [0.1, 0.15) is 12.4 Å². The Morgan fingerprint density at radius 1 is 1.20 bits per heavy atom. The summed E-state index contributed by atoms with van der Waals surface area (Å²) in [6.07, 6.45) is 2.90. The molecule has 0 amide bonds. The molecule has 1 heterocycles. The number of nitrogens with one attached hydrogen (secondary N) is 1. The Morgan fingerprint density at radius 3 is 2.76 bits per heavy atom. The van der Waals surface area contributed by atoms with E-state index in [-0.39, 0.29) is 5.56 Å². The molecule has 0 spiro atoms. The van der Waals surface area contributed by atoms with Crippen LogP contribution in [-0.2, 0) is 11.4 Å². The fourth-order valence-corrected chi connectivity index (χ4v) is 2.92. The molecule has 2 N–H and O–H groups in total. The van der Waals surface area contributed by atoms with Crippen LogP contribution in [0.25, 0.3) is 5.57 Å². The quantitative estimate of drug-likeness (QED) is 0.498. The van der Waals surface area contributed by atoms with E-state index in [1.54, 1.807) is 12.1 Å². The number of rotatable bonds is 5. The predicted octanol–water partition coefficient (Wildman–Crippen LogP) is 2.89. The number of hydrogen-bond acceptors (Lipinski definition) is 4. The number of Topliss-reactive ketones (excluding diaryl/α,β-unsaturated/α-hetero) is 1. The van der Waals surface area contributed by atoms with Gasteiger partial charge in [-0.1, -0.05) is 30.3 Å². The molecule has 5 nitrogen and oxygen atoms in total. The zero-order valence-electron chi connectivity index (χ0n) is 13.9. The van der Waals surface area contributed by atoms with E-state index in [1.807, 2.05) is 31.3 Å². The number of hydrogen-bond donors (Lipinski definition) is 2. The fourth-order valence-electron chi connectivity index (χ4n) is 2.92. The average molecular weight is 337 g/mol. The van der Waals surface area contributed by atoms with E-state index in [2.05, 4.69) is 11.4 Å². The van der Waals surface area contributed by atoms with Gasteiger partial charge >= 0.3 is 5.97 Å². The molecule has 0 saturated heterocycles. The van der Waals surface area contributed by atoms with Crippen molar-refractivity contribution in [1.29, 1.82) is 0 Å². The molecule has 128 valence electrons. The summed E-state index contributed by atoms with van der Waals surface area (Å²) in [4.78, 5) is 22.9. The topological polar surface area (TPSA) is 75.6 Å². The number of carbonyl (C=O) groups excluding carboxylic acids is 1. The van der Waals surface area contributed by atoms with Gasteiger partial charge in [0.25, 0.3) is 5.78 Å². The van der Waals surface area contributed by atoms with Crippen LogP contribution in [0.15, 0.2) is 48.5 Å². The lowest BCUT2D eigenvalue weighted by Gasteiger charge is -2.12. The molecule has 0 fully saturated rings. The van der Waals surface area contributed by atoms with Crippen molar-refractivity contribution in [2.24, 2.45) is 0 Å². The van der Waals surface area contributed by atoms with Crippen molar-refractivity contribution in [3.63, 3.8) is 0 Å². The molecule has 0 saturated carbocycles. The summed E-state index contributed by atoms with van der Waals surface area (Å²) in [7, 11) is 1.89. The lowest BCUT2D eigenvalue weighted by molar-refractivity contribution is -0.131. The highest BCUT2D eigenvalue weighted by molar-refractivity contribution is 6.40. The Labute approximate surface area is 145 Å². The van der Waals surface area contributed by atoms with Crippen molar-refractivity contribution in [2.45, 2.75) is 13.0 Å². The van der Waals surface area contributed by atoms with Crippen molar-refractivity contribution in [1.82, 2.24) is 5.32 Å². The predicted molar refractivity (Wildman–Crippen MR) is 94.8 cm³/mol. The van der Waals surface area contributed by atoms with Crippen LogP contribution in [-0.4, -0.2) is 30.5 Å². The highest BCUT2D eigenvalue weighted by atomic mass is 16.5. The minimum Gasteiger partial charge on any atom is -0.488 e. The van der Waals surface area contributed by atoms with Gasteiger partial charge in [-0.25, -0.2) is 4.79 Å². The summed E-state index contributed by atoms with van der Waals surface area (Å²) in [5.74, 6) is -1.74. The van der Waals surface area contributed by atoms with Crippen LogP contribution in [0.3, 0.4) is 0 Å². The van der Waals surface area contributed by atoms with Crippen LogP contribution in [0, 0.1) is 0 Å². The molecule has 0 aliphatic carbocycles. The van der Waals surface area contributed by atoms with E-state index in [4.69, 9.17) is 9.84 Å². The maximum atomic E-state index is 11.9. The largest absolute Gasteiger partial charge is 0.488 e. The van der Waals surface area contributed by atoms with E-state index in [9.17, 15) is 9.59 Å². The van der Waals surface area contributed by atoms with Crippen molar-refractivity contribution in [2.75, 3.05) is 13.6 Å². The third-order valence-electron chi connectivity index (χ3n) is 4.16. The minimum atomic E-state index is -1.46. The molecule has 1 aliphatic rings. The second-order valence-electron chi connectivity index (χ2n) is 5.80. The minimum absolute atomic E-state index is 0.147. The maximum Gasteiger partial charge on any atom is 0.377 e. The molecular weight excluding hydrogens is 318 g/mol. The van der Waals surface area contributed by atoms with Crippen molar-refractivity contribution in [3.05, 3.63) is 70.8 Å². The molecule has 0 radical (unpaired) electrons. The number of ether oxygens (including phenoxy) is 1. The number of carboxylic acid groups (broad SMARTS) is 1. The number of aliphatic carboxylic acids is 1. The molecule has 2 aromatic carbocycles. The van der Waals surface area contributed by atoms with Gasteiger partial charge in [-0.2, -0.15) is 0 Å². The molecular formula is C20H19NO4. The second-order valence-corrected chi connectivity index (χ2v) is 5.80. The van der Waals surface area contributed by atoms with Gasteiger partial charge < -0.3 is 15.2 Å². The first-order chi connectivity index (χ1) is 12.1. The number of carbonyl (C=O) groups is 2. The molecule has 5 heteroatoms. The Balaban J connectivity index is 2.15. The number of carboxylic acids is 1. The SMILES string of the molecule is CNCC/C=C1/c2ccccc2COc2ccc(C(=O)C(=O)O)cc21. The summed E-state index contributed by atoms with van der Waals surface area (Å²) < 4.78 is 5.89. The van der Waals surface area contributed by atoms with Crippen molar-refractivity contribution >= 4 is 17.3 Å². The van der Waals surface area contributed by atoms with E-state index in [1.165, 1.54) is 6.07 Å². The standard InChI is InChI=1S/C20H19NO4/c1-21-10-4-7-16-15-6-3-2-5-14(15)12-25-18-9-8-13(11-17(16)18)19(22)20(23)24/h2-3,5-9,11,21H,4,10,12H2,1H3,(H,23,24)/b16-7-. The van der Waals surface area contributed by atoms with Crippen LogP contribution in [0.1, 0.15) is 33.5 Å². The van der Waals surface area contributed by atoms with Crippen LogP contribution in [0.5, 0.6) is 5.75 Å². The van der Waals surface area contributed by atoms with Gasteiger partial charge in [-0.15, -0.1) is 0 Å². The lowest BCUT2D eigenvalue weighted by Crippen LogP contribution is -2.13. The van der Waals surface area contributed by atoms with Gasteiger partial charge in [-0.05, 0) is 54.9 Å². The lowest BCUT2D eigenvalue weighted by atomic mass is 9.92. The van der Waals surface area contributed by atoms with E-state index >= 15 is 0 Å². The van der Waals surface area contributed by atoms with Crippen LogP contribution in [0.4, 0.5) is 0 Å². The number of ketones is 1. The monoisotopic (exact) mass is 337 g/mol. The molecule has 0 unspecified atom stereocenters. The van der Waals surface area contributed by atoms with E-state index in [0.29, 0.717) is 12.4 Å². The summed E-state index contributed by atoms with van der Waals surface area (Å²) in [6.45, 7) is 1.24.